The van der Waals surface area contributed by atoms with Crippen LogP contribution in [0.15, 0.2) is 97.1 Å². The molecular weight excluding hydrogens is 506 g/mol. The van der Waals surface area contributed by atoms with Crippen LogP contribution in [0.1, 0.15) is 0 Å². The van der Waals surface area contributed by atoms with Crippen LogP contribution in [-0.2, 0) is 0 Å². The summed E-state index contributed by atoms with van der Waals surface area (Å²) in [6.45, 7) is 0. The van der Waals surface area contributed by atoms with Gasteiger partial charge in [-0.1, -0.05) is 46.4 Å². The van der Waals surface area contributed by atoms with Crippen molar-refractivity contribution in [3.8, 4) is 23.0 Å². The Morgan fingerprint density at radius 1 is 0.333 bits per heavy atom. The summed E-state index contributed by atoms with van der Waals surface area (Å²) >= 11 is 24.1. The summed E-state index contributed by atoms with van der Waals surface area (Å²) in [4.78, 5) is 0. The van der Waals surface area contributed by atoms with Gasteiger partial charge in [0.25, 0.3) is 0 Å². The summed E-state index contributed by atoms with van der Waals surface area (Å²) in [5, 5.41) is 2.18. The molecule has 4 nitrogen and oxygen atoms in total. The van der Waals surface area contributed by atoms with Gasteiger partial charge in [-0.15, -0.1) is 0 Å². The van der Waals surface area contributed by atoms with Crippen LogP contribution in [0.4, 0.5) is 0 Å². The summed E-state index contributed by atoms with van der Waals surface area (Å²) in [5.41, 5.74) is 0. The third-order valence-corrected chi connectivity index (χ3v) is 5.23. The molecule has 0 bridgehead atoms. The Balaban J connectivity index is 1.77. The highest BCUT2D eigenvalue weighted by Crippen LogP contribution is 2.31. The van der Waals surface area contributed by atoms with Crippen LogP contribution in [0.3, 0.4) is 0 Å². The van der Waals surface area contributed by atoms with Crippen molar-refractivity contribution in [1.82, 2.24) is 0 Å². The van der Waals surface area contributed by atoms with Crippen molar-refractivity contribution in [2.45, 2.75) is 6.16 Å². The molecule has 4 aromatic carbocycles. The van der Waals surface area contributed by atoms with Crippen molar-refractivity contribution in [2.75, 3.05) is 0 Å². The first-order valence-corrected chi connectivity index (χ1v) is 11.2. The van der Waals surface area contributed by atoms with E-state index in [2.05, 4.69) is 0 Å². The van der Waals surface area contributed by atoms with E-state index in [0.29, 0.717) is 43.1 Å². The Morgan fingerprint density at radius 2 is 0.515 bits per heavy atom. The second kappa shape index (κ2) is 10.4. The monoisotopic (exact) mass is 520 g/mol. The second-order valence-corrected chi connectivity index (χ2v) is 8.47. The molecule has 0 aliphatic heterocycles. The van der Waals surface area contributed by atoms with Crippen LogP contribution in [0.5, 0.6) is 23.0 Å². The second-order valence-electron chi connectivity index (χ2n) is 6.72. The molecule has 8 heteroatoms. The first-order valence-electron chi connectivity index (χ1n) is 9.67. The molecule has 0 atom stereocenters. The minimum absolute atomic E-state index is 0.385. The summed E-state index contributed by atoms with van der Waals surface area (Å²) < 4.78 is 24.5. The van der Waals surface area contributed by atoms with Gasteiger partial charge in [0, 0.05) is 20.1 Å². The van der Waals surface area contributed by atoms with Crippen LogP contribution < -0.4 is 18.9 Å². The topological polar surface area (TPSA) is 36.9 Å². The highest BCUT2D eigenvalue weighted by molar-refractivity contribution is 6.31. The van der Waals surface area contributed by atoms with E-state index in [1.807, 2.05) is 0 Å². The molecule has 33 heavy (non-hydrogen) atoms. The molecule has 0 aliphatic carbocycles. The third kappa shape index (κ3) is 6.62. The zero-order valence-electron chi connectivity index (χ0n) is 16.9. The molecule has 4 rings (SSSR count). The molecule has 0 aliphatic rings. The molecule has 0 amide bonds. The van der Waals surface area contributed by atoms with Gasteiger partial charge in [0.1, 0.15) is 23.0 Å². The zero-order valence-corrected chi connectivity index (χ0v) is 19.9. The lowest BCUT2D eigenvalue weighted by Gasteiger charge is -2.32. The summed E-state index contributed by atoms with van der Waals surface area (Å²) in [6, 6.07) is 26.7. The summed E-state index contributed by atoms with van der Waals surface area (Å²) in [5.74, 6) is 1.54. The Morgan fingerprint density at radius 3 is 0.697 bits per heavy atom. The van der Waals surface area contributed by atoms with Gasteiger partial charge in [0.05, 0.1) is 0 Å². The lowest BCUT2D eigenvalue weighted by atomic mass is 10.3. The quantitative estimate of drug-likeness (QED) is 0.218. The van der Waals surface area contributed by atoms with Crippen molar-refractivity contribution in [1.29, 1.82) is 0 Å². The molecule has 4 aromatic rings. The van der Waals surface area contributed by atoms with E-state index in [1.54, 1.807) is 97.1 Å². The average Bonchev–Trinajstić information content (AvgIpc) is 2.80. The molecule has 0 radical (unpaired) electrons. The maximum Gasteiger partial charge on any atom is 0.611 e. The van der Waals surface area contributed by atoms with Gasteiger partial charge in [-0.3, -0.25) is 0 Å². The predicted molar refractivity (Wildman–Crippen MR) is 131 cm³/mol. The number of ether oxygens (including phenoxy) is 4. The number of hydrogen-bond donors (Lipinski definition) is 0. The molecule has 0 unspecified atom stereocenters. The highest BCUT2D eigenvalue weighted by Gasteiger charge is 2.44. The molecule has 0 fully saturated rings. The van der Waals surface area contributed by atoms with Gasteiger partial charge >= 0.3 is 6.16 Å². The fourth-order valence-corrected chi connectivity index (χ4v) is 3.22. The van der Waals surface area contributed by atoms with Crippen LogP contribution in [0, 0.1) is 0 Å². The summed E-state index contributed by atoms with van der Waals surface area (Å²) in [6.07, 6.45) is -2.08. The predicted octanol–water partition coefficient (Wildman–Crippen LogP) is 8.53. The van der Waals surface area contributed by atoms with Crippen molar-refractivity contribution < 1.29 is 18.9 Å². The van der Waals surface area contributed by atoms with E-state index in [1.165, 1.54) is 0 Å². The van der Waals surface area contributed by atoms with E-state index < -0.39 is 6.16 Å². The molecule has 0 saturated heterocycles. The van der Waals surface area contributed by atoms with Crippen molar-refractivity contribution in [2.24, 2.45) is 0 Å². The molecule has 0 aromatic heterocycles. The standard InChI is InChI=1S/C25H16Cl4O4/c26-17-1-9-21(10-2-17)30-25(31-22-11-3-18(27)4-12-22,32-23-13-5-19(28)6-14-23)33-24-15-7-20(29)8-16-24/h1-16H. The first kappa shape index (κ1) is 23.4. The lowest BCUT2D eigenvalue weighted by Crippen LogP contribution is -2.53. The molecule has 168 valence electrons. The average molecular weight is 522 g/mol. The number of halogens is 4. The molecule has 0 saturated carbocycles. The third-order valence-electron chi connectivity index (χ3n) is 4.23. The maximum absolute atomic E-state index is 6.14. The minimum atomic E-state index is -2.08. The lowest BCUT2D eigenvalue weighted by molar-refractivity contribution is -0.367. The molecule has 0 heterocycles. The van der Waals surface area contributed by atoms with Crippen LogP contribution in [-0.4, -0.2) is 6.16 Å². The van der Waals surface area contributed by atoms with Crippen molar-refractivity contribution in [3.63, 3.8) is 0 Å². The van der Waals surface area contributed by atoms with Crippen LogP contribution >= 0.6 is 46.4 Å². The number of benzene rings is 4. The van der Waals surface area contributed by atoms with Gasteiger partial charge in [-0.2, -0.15) is 0 Å². The van der Waals surface area contributed by atoms with E-state index >= 15 is 0 Å². The van der Waals surface area contributed by atoms with Crippen LogP contribution in [0.2, 0.25) is 20.1 Å². The van der Waals surface area contributed by atoms with E-state index in [4.69, 9.17) is 65.4 Å². The Labute approximate surface area is 211 Å². The van der Waals surface area contributed by atoms with E-state index in [9.17, 15) is 0 Å². The van der Waals surface area contributed by atoms with Crippen LogP contribution in [0.25, 0.3) is 0 Å². The molecular formula is C25H16Cl4O4. The van der Waals surface area contributed by atoms with Crippen molar-refractivity contribution in [3.05, 3.63) is 117 Å². The SMILES string of the molecule is Clc1ccc(OC(Oc2ccc(Cl)cc2)(Oc2ccc(Cl)cc2)Oc2ccc(Cl)cc2)cc1. The van der Waals surface area contributed by atoms with Gasteiger partial charge in [0.2, 0.25) is 0 Å². The van der Waals surface area contributed by atoms with Gasteiger partial charge in [0.15, 0.2) is 0 Å². The fraction of sp³-hybridized carbons (Fsp3) is 0.0400. The van der Waals surface area contributed by atoms with E-state index in [-0.39, 0.29) is 0 Å². The number of rotatable bonds is 8. The Hall–Kier alpha value is -2.76. The number of hydrogen-bond acceptors (Lipinski definition) is 4. The molecule has 0 spiro atoms. The normalized spacial score (nSPS) is 11.0. The van der Waals surface area contributed by atoms with Gasteiger partial charge in [-0.05, 0) is 97.1 Å². The van der Waals surface area contributed by atoms with Crippen molar-refractivity contribution >= 4 is 46.4 Å². The smallest absolute Gasteiger partial charge is 0.386 e. The van der Waals surface area contributed by atoms with Gasteiger partial charge < -0.3 is 18.9 Å². The Kier molecular flexibility index (Phi) is 7.41. The Bertz CT molecular complexity index is 984. The zero-order chi connectivity index (χ0) is 23.3. The first-order chi connectivity index (χ1) is 15.9. The van der Waals surface area contributed by atoms with E-state index in [0.717, 1.165) is 0 Å². The molecule has 0 N–H and O–H groups in total. The summed E-state index contributed by atoms with van der Waals surface area (Å²) in [7, 11) is 0. The van der Waals surface area contributed by atoms with Gasteiger partial charge in [-0.25, -0.2) is 0 Å². The fourth-order valence-electron chi connectivity index (χ4n) is 2.71. The highest BCUT2D eigenvalue weighted by atomic mass is 35.5. The maximum atomic E-state index is 6.14. The largest absolute Gasteiger partial charge is 0.611 e. The minimum Gasteiger partial charge on any atom is -0.386 e.